The normalized spacial score (nSPS) is 24.2. The highest BCUT2D eigenvalue weighted by Gasteiger charge is 2.36. The third-order valence-corrected chi connectivity index (χ3v) is 5.59. The summed E-state index contributed by atoms with van der Waals surface area (Å²) in [6, 6.07) is 3.55. The highest BCUT2D eigenvalue weighted by Crippen LogP contribution is 2.35. The van der Waals surface area contributed by atoms with E-state index in [1.807, 2.05) is 4.90 Å². The van der Waals surface area contributed by atoms with Gasteiger partial charge in [-0.05, 0) is 43.4 Å². The van der Waals surface area contributed by atoms with Crippen molar-refractivity contribution in [2.75, 3.05) is 13.7 Å². The summed E-state index contributed by atoms with van der Waals surface area (Å²) in [5.74, 6) is 0.540. The Morgan fingerprint density at radius 2 is 2.00 bits per heavy atom. The van der Waals surface area contributed by atoms with Gasteiger partial charge in [-0.15, -0.1) is 0 Å². The molecule has 0 aromatic heterocycles. The van der Waals surface area contributed by atoms with E-state index >= 15 is 0 Å². The minimum absolute atomic E-state index is 0.0637. The van der Waals surface area contributed by atoms with Crippen LogP contribution in [-0.4, -0.2) is 30.5 Å². The van der Waals surface area contributed by atoms with Gasteiger partial charge in [0, 0.05) is 35.0 Å². The zero-order chi connectivity index (χ0) is 17.3. The number of amides is 1. The van der Waals surface area contributed by atoms with Crippen LogP contribution in [0.2, 0.25) is 10.0 Å². The molecule has 24 heavy (non-hydrogen) atoms. The van der Waals surface area contributed by atoms with Gasteiger partial charge in [-0.25, -0.2) is 4.39 Å². The van der Waals surface area contributed by atoms with E-state index in [9.17, 15) is 9.18 Å². The van der Waals surface area contributed by atoms with E-state index in [4.69, 9.17) is 27.9 Å². The second kappa shape index (κ2) is 7.32. The van der Waals surface area contributed by atoms with Crippen LogP contribution in [0.1, 0.15) is 31.2 Å². The fourth-order valence-corrected chi connectivity index (χ4v) is 4.15. The van der Waals surface area contributed by atoms with E-state index < -0.39 is 0 Å². The molecule has 1 amide bonds. The Hall–Kier alpha value is -1.26. The van der Waals surface area contributed by atoms with Crippen LogP contribution < -0.4 is 4.74 Å². The topological polar surface area (TPSA) is 29.5 Å². The lowest BCUT2D eigenvalue weighted by Gasteiger charge is -2.29. The van der Waals surface area contributed by atoms with Gasteiger partial charge in [0.1, 0.15) is 5.75 Å². The van der Waals surface area contributed by atoms with E-state index in [0.717, 1.165) is 18.5 Å². The molecule has 1 aliphatic carbocycles. The summed E-state index contributed by atoms with van der Waals surface area (Å²) in [5.41, 5.74) is 0.786. The predicted molar refractivity (Wildman–Crippen MR) is 93.4 cm³/mol. The number of halogens is 3. The van der Waals surface area contributed by atoms with Crippen LogP contribution in [-0.2, 0) is 11.2 Å². The smallest absolute Gasteiger partial charge is 0.226 e. The number of benzene rings is 1. The average Bonchev–Trinajstić information content (AvgIpc) is 2.92. The summed E-state index contributed by atoms with van der Waals surface area (Å²) in [6.07, 6.45) is 4.63. The lowest BCUT2D eigenvalue weighted by molar-refractivity contribution is -0.133. The number of hydrogen-bond donors (Lipinski definition) is 0. The van der Waals surface area contributed by atoms with Crippen molar-refractivity contribution in [3.63, 3.8) is 0 Å². The lowest BCUT2D eigenvalue weighted by Crippen LogP contribution is -2.38. The van der Waals surface area contributed by atoms with Crippen molar-refractivity contribution < 1.29 is 13.9 Å². The van der Waals surface area contributed by atoms with E-state index in [1.165, 1.54) is 0 Å². The van der Waals surface area contributed by atoms with Crippen LogP contribution >= 0.6 is 23.2 Å². The largest absolute Gasteiger partial charge is 0.497 e. The average molecular weight is 372 g/mol. The van der Waals surface area contributed by atoms with Crippen LogP contribution in [0.5, 0.6) is 5.75 Å². The second-order valence-electron chi connectivity index (χ2n) is 6.37. The summed E-state index contributed by atoms with van der Waals surface area (Å²) >= 11 is 12.6. The Morgan fingerprint density at radius 1 is 1.29 bits per heavy atom. The summed E-state index contributed by atoms with van der Waals surface area (Å²) in [7, 11) is 1.56. The number of nitrogens with zero attached hydrogens (tertiary/aromatic N) is 1. The van der Waals surface area contributed by atoms with Crippen LogP contribution in [0.25, 0.3) is 0 Å². The molecule has 2 unspecified atom stereocenters. The highest BCUT2D eigenvalue weighted by atomic mass is 35.5. The number of carbonyl (C=O) groups is 1. The third kappa shape index (κ3) is 3.55. The van der Waals surface area contributed by atoms with Crippen LogP contribution in [0, 0.1) is 5.92 Å². The van der Waals surface area contributed by atoms with Gasteiger partial charge in [-0.3, -0.25) is 4.79 Å². The van der Waals surface area contributed by atoms with Gasteiger partial charge in [-0.2, -0.15) is 0 Å². The van der Waals surface area contributed by atoms with Gasteiger partial charge in [0.15, 0.2) is 0 Å². The minimum atomic E-state index is -0.121. The predicted octanol–water partition coefficient (Wildman–Crippen LogP) is 4.80. The van der Waals surface area contributed by atoms with Gasteiger partial charge >= 0.3 is 0 Å². The number of ether oxygens (including phenoxy) is 1. The van der Waals surface area contributed by atoms with Gasteiger partial charge in [0.2, 0.25) is 5.91 Å². The van der Waals surface area contributed by atoms with Gasteiger partial charge in [0.05, 0.1) is 12.9 Å². The number of rotatable bonds is 4. The van der Waals surface area contributed by atoms with Crippen molar-refractivity contribution in [1.82, 2.24) is 4.90 Å². The number of carbonyl (C=O) groups excluding carboxylic acids is 1. The van der Waals surface area contributed by atoms with Gasteiger partial charge in [0.25, 0.3) is 0 Å². The molecule has 1 heterocycles. The number of likely N-dealkylation sites (tertiary alicyclic amines) is 1. The van der Waals surface area contributed by atoms with Crippen molar-refractivity contribution in [2.45, 2.75) is 38.1 Å². The molecule has 0 saturated carbocycles. The van der Waals surface area contributed by atoms with E-state index in [2.05, 4.69) is 0 Å². The van der Waals surface area contributed by atoms with E-state index in [1.54, 1.807) is 25.3 Å². The maximum absolute atomic E-state index is 13.2. The Balaban J connectivity index is 1.70. The molecule has 3 nitrogen and oxygen atoms in total. The summed E-state index contributed by atoms with van der Waals surface area (Å²) in [5, 5.41) is 1.04. The molecule has 1 fully saturated rings. The van der Waals surface area contributed by atoms with Crippen LogP contribution in [0.3, 0.4) is 0 Å². The summed E-state index contributed by atoms with van der Waals surface area (Å²) in [6.45, 7) is 0.717. The molecule has 1 saturated heterocycles. The quantitative estimate of drug-likeness (QED) is 0.760. The molecule has 130 valence electrons. The van der Waals surface area contributed by atoms with Crippen molar-refractivity contribution >= 4 is 29.1 Å². The van der Waals surface area contributed by atoms with Crippen LogP contribution in [0.15, 0.2) is 24.0 Å². The second-order valence-corrected chi connectivity index (χ2v) is 7.18. The van der Waals surface area contributed by atoms with Crippen molar-refractivity contribution in [2.24, 2.45) is 5.92 Å². The molecular formula is C18H20Cl2FNO2. The minimum Gasteiger partial charge on any atom is -0.497 e. The molecule has 6 heteroatoms. The summed E-state index contributed by atoms with van der Waals surface area (Å²) in [4.78, 5) is 14.6. The first-order valence-corrected chi connectivity index (χ1v) is 8.92. The molecule has 0 N–H and O–H groups in total. The van der Waals surface area contributed by atoms with Crippen LogP contribution in [0.4, 0.5) is 4.39 Å². The van der Waals surface area contributed by atoms with Crippen molar-refractivity contribution in [3.05, 3.63) is 39.6 Å². The van der Waals surface area contributed by atoms with Crippen molar-refractivity contribution in [3.8, 4) is 5.75 Å². The molecule has 1 aliphatic heterocycles. The Morgan fingerprint density at radius 3 is 2.58 bits per heavy atom. The highest BCUT2D eigenvalue weighted by molar-refractivity contribution is 6.36. The third-order valence-electron chi connectivity index (χ3n) is 4.92. The lowest BCUT2D eigenvalue weighted by atomic mass is 9.97. The molecule has 0 spiro atoms. The molecule has 3 rings (SSSR count). The maximum Gasteiger partial charge on any atom is 0.226 e. The Kier molecular flexibility index (Phi) is 5.36. The first-order valence-electron chi connectivity index (χ1n) is 8.16. The standard InChI is InChI=1S/C18H20Cl2FNO2/c1-24-14-9-16(19)15(17(20)10-14)8-11-6-7-22(18(11)23)13-4-2-12(21)3-5-13/h2,9-11,13H,3-8H2,1H3. The monoisotopic (exact) mass is 371 g/mol. The first kappa shape index (κ1) is 17.6. The Labute approximate surface area is 151 Å². The first-order chi connectivity index (χ1) is 11.5. The molecule has 0 radical (unpaired) electrons. The number of hydrogen-bond acceptors (Lipinski definition) is 2. The van der Waals surface area contributed by atoms with Crippen molar-refractivity contribution in [1.29, 1.82) is 0 Å². The zero-order valence-electron chi connectivity index (χ0n) is 13.5. The molecule has 0 bridgehead atoms. The molecule has 1 aromatic rings. The molecular weight excluding hydrogens is 352 g/mol. The molecule has 1 aromatic carbocycles. The van der Waals surface area contributed by atoms with Gasteiger partial charge in [-0.1, -0.05) is 29.3 Å². The van der Waals surface area contributed by atoms with Gasteiger partial charge < -0.3 is 9.64 Å². The molecule has 2 atom stereocenters. The molecule has 2 aliphatic rings. The maximum atomic E-state index is 13.2. The summed E-state index contributed by atoms with van der Waals surface area (Å²) < 4.78 is 18.3. The van der Waals surface area contributed by atoms with E-state index in [-0.39, 0.29) is 23.7 Å². The number of allylic oxidation sites excluding steroid dienone is 1. The number of methoxy groups -OCH3 is 1. The Bertz CT molecular complexity index is 654. The SMILES string of the molecule is COc1cc(Cl)c(CC2CCN(C3CC=C(F)CC3)C2=O)c(Cl)c1. The van der Waals surface area contributed by atoms with E-state index in [0.29, 0.717) is 41.5 Å². The fraction of sp³-hybridized carbons (Fsp3) is 0.500. The fourth-order valence-electron chi connectivity index (χ4n) is 3.53. The zero-order valence-corrected chi connectivity index (χ0v) is 15.0.